The lowest BCUT2D eigenvalue weighted by Crippen LogP contribution is -2.43. The minimum atomic E-state index is 0.190. The molecule has 4 heteroatoms. The van der Waals surface area contributed by atoms with Gasteiger partial charge in [0, 0.05) is 43.5 Å². The molecule has 2 atom stereocenters. The highest BCUT2D eigenvalue weighted by molar-refractivity contribution is 5.93. The van der Waals surface area contributed by atoms with Crippen LogP contribution in [0.1, 0.15) is 26.2 Å². The molecule has 2 N–H and O–H groups in total. The van der Waals surface area contributed by atoms with E-state index in [1.165, 1.54) is 18.5 Å². The molecule has 2 fully saturated rings. The smallest absolute Gasteiger partial charge is 0.227 e. The van der Waals surface area contributed by atoms with Crippen LogP contribution in [-0.2, 0) is 4.79 Å². The Morgan fingerprint density at radius 2 is 1.90 bits per heavy atom. The zero-order valence-electron chi connectivity index (χ0n) is 12.8. The third kappa shape index (κ3) is 3.38. The van der Waals surface area contributed by atoms with Crippen LogP contribution in [0.2, 0.25) is 0 Å². The van der Waals surface area contributed by atoms with Crippen LogP contribution in [0.15, 0.2) is 24.3 Å². The summed E-state index contributed by atoms with van der Waals surface area (Å²) >= 11 is 0. The number of piperazine rings is 1. The fourth-order valence-electron chi connectivity index (χ4n) is 3.45. The van der Waals surface area contributed by atoms with Crippen LogP contribution < -0.4 is 15.5 Å². The second-order valence-corrected chi connectivity index (χ2v) is 6.29. The Balaban J connectivity index is 1.60. The van der Waals surface area contributed by atoms with Gasteiger partial charge in [-0.25, -0.2) is 0 Å². The average Bonchev–Trinajstić information content (AvgIpc) is 2.95. The van der Waals surface area contributed by atoms with Gasteiger partial charge in [0.15, 0.2) is 0 Å². The van der Waals surface area contributed by atoms with E-state index in [9.17, 15) is 4.79 Å². The highest BCUT2D eigenvalue weighted by Crippen LogP contribution is 2.32. The van der Waals surface area contributed by atoms with Crippen LogP contribution in [0.5, 0.6) is 0 Å². The first-order valence-electron chi connectivity index (χ1n) is 8.10. The molecule has 1 aliphatic heterocycles. The lowest BCUT2D eigenvalue weighted by Gasteiger charge is -2.29. The summed E-state index contributed by atoms with van der Waals surface area (Å²) in [5.74, 6) is 0.901. The van der Waals surface area contributed by atoms with Gasteiger partial charge >= 0.3 is 0 Å². The maximum atomic E-state index is 12.3. The maximum absolute atomic E-state index is 12.3. The Labute approximate surface area is 126 Å². The second-order valence-electron chi connectivity index (χ2n) is 6.29. The normalized spacial score (nSPS) is 25.9. The molecule has 1 saturated heterocycles. The molecule has 1 aliphatic carbocycles. The topological polar surface area (TPSA) is 44.4 Å². The number of rotatable bonds is 3. The zero-order valence-corrected chi connectivity index (χ0v) is 12.8. The summed E-state index contributed by atoms with van der Waals surface area (Å²) in [6.45, 7) is 6.36. The second kappa shape index (κ2) is 6.48. The van der Waals surface area contributed by atoms with Crippen molar-refractivity contribution in [1.82, 2.24) is 5.32 Å². The number of anilines is 2. The van der Waals surface area contributed by atoms with Crippen molar-refractivity contribution in [3.05, 3.63) is 24.3 Å². The van der Waals surface area contributed by atoms with Crippen LogP contribution in [0, 0.1) is 11.8 Å². The van der Waals surface area contributed by atoms with E-state index in [1.54, 1.807) is 0 Å². The van der Waals surface area contributed by atoms with Crippen molar-refractivity contribution >= 4 is 17.3 Å². The summed E-state index contributed by atoms with van der Waals surface area (Å²) < 4.78 is 0. The van der Waals surface area contributed by atoms with Gasteiger partial charge in [0.1, 0.15) is 0 Å². The number of carbonyl (C=O) groups is 1. The van der Waals surface area contributed by atoms with Crippen molar-refractivity contribution in [1.29, 1.82) is 0 Å². The highest BCUT2D eigenvalue weighted by Gasteiger charge is 2.29. The van der Waals surface area contributed by atoms with E-state index >= 15 is 0 Å². The molecule has 3 rings (SSSR count). The van der Waals surface area contributed by atoms with E-state index in [2.05, 4.69) is 34.6 Å². The fraction of sp³-hybridized carbons (Fsp3) is 0.588. The molecule has 1 saturated carbocycles. The molecule has 2 unspecified atom stereocenters. The number of benzene rings is 1. The highest BCUT2D eigenvalue weighted by atomic mass is 16.1. The molecule has 114 valence electrons. The number of amides is 1. The quantitative estimate of drug-likeness (QED) is 0.897. The fourth-order valence-corrected chi connectivity index (χ4v) is 3.45. The van der Waals surface area contributed by atoms with Gasteiger partial charge in [0.25, 0.3) is 0 Å². The maximum Gasteiger partial charge on any atom is 0.227 e. The summed E-state index contributed by atoms with van der Waals surface area (Å²) in [6.07, 6.45) is 3.40. The van der Waals surface area contributed by atoms with Gasteiger partial charge in [-0.05, 0) is 43.0 Å². The number of nitrogens with one attached hydrogen (secondary N) is 2. The van der Waals surface area contributed by atoms with Crippen molar-refractivity contribution in [3.8, 4) is 0 Å². The van der Waals surface area contributed by atoms with Gasteiger partial charge in [-0.15, -0.1) is 0 Å². The van der Waals surface area contributed by atoms with Crippen LogP contribution in [0.25, 0.3) is 0 Å². The van der Waals surface area contributed by atoms with E-state index in [0.29, 0.717) is 5.92 Å². The lowest BCUT2D eigenvalue weighted by molar-refractivity contribution is -0.120. The largest absolute Gasteiger partial charge is 0.369 e. The van der Waals surface area contributed by atoms with E-state index < -0.39 is 0 Å². The summed E-state index contributed by atoms with van der Waals surface area (Å²) in [5.41, 5.74) is 2.15. The number of nitrogens with zero attached hydrogens (tertiary/aromatic N) is 1. The van der Waals surface area contributed by atoms with Crippen molar-refractivity contribution in [2.45, 2.75) is 26.2 Å². The average molecular weight is 287 g/mol. The molecule has 0 aromatic heterocycles. The molecule has 4 nitrogen and oxygen atoms in total. The van der Waals surface area contributed by atoms with Gasteiger partial charge < -0.3 is 15.5 Å². The zero-order chi connectivity index (χ0) is 14.7. The summed E-state index contributed by atoms with van der Waals surface area (Å²) in [6, 6.07) is 8.27. The number of hydrogen-bond acceptors (Lipinski definition) is 3. The van der Waals surface area contributed by atoms with Crippen LogP contribution in [-0.4, -0.2) is 32.1 Å². The van der Waals surface area contributed by atoms with Crippen LogP contribution in [0.4, 0.5) is 11.4 Å². The molecule has 0 radical (unpaired) electrons. The predicted molar refractivity (Wildman–Crippen MR) is 86.7 cm³/mol. The third-order valence-corrected chi connectivity index (χ3v) is 4.82. The Morgan fingerprint density at radius 1 is 1.19 bits per heavy atom. The molecule has 1 amide bonds. The molecular weight excluding hydrogens is 262 g/mol. The van der Waals surface area contributed by atoms with Gasteiger partial charge in [0.05, 0.1) is 0 Å². The first kappa shape index (κ1) is 14.4. The molecule has 2 aliphatic rings. The first-order valence-corrected chi connectivity index (χ1v) is 8.10. The number of hydrogen-bond donors (Lipinski definition) is 2. The van der Waals surface area contributed by atoms with Crippen molar-refractivity contribution in [3.63, 3.8) is 0 Å². The minimum Gasteiger partial charge on any atom is -0.369 e. The van der Waals surface area contributed by atoms with Gasteiger partial charge in [-0.3, -0.25) is 4.79 Å². The van der Waals surface area contributed by atoms with Gasteiger partial charge in [-0.1, -0.05) is 13.3 Å². The Hall–Kier alpha value is -1.55. The van der Waals surface area contributed by atoms with E-state index in [1.807, 2.05) is 12.1 Å². The molecule has 0 bridgehead atoms. The third-order valence-electron chi connectivity index (χ3n) is 4.82. The van der Waals surface area contributed by atoms with Crippen molar-refractivity contribution in [2.75, 3.05) is 36.4 Å². The predicted octanol–water partition coefficient (Wildman–Crippen LogP) is 2.47. The lowest BCUT2D eigenvalue weighted by atomic mass is 9.97. The van der Waals surface area contributed by atoms with E-state index in [0.717, 1.165) is 38.3 Å². The summed E-state index contributed by atoms with van der Waals surface area (Å²) in [7, 11) is 0. The van der Waals surface area contributed by atoms with Crippen molar-refractivity contribution in [2.24, 2.45) is 11.8 Å². The Kier molecular flexibility index (Phi) is 4.44. The molecule has 1 aromatic carbocycles. The van der Waals surface area contributed by atoms with Crippen LogP contribution in [0.3, 0.4) is 0 Å². The molecule has 21 heavy (non-hydrogen) atoms. The Bertz CT molecular complexity index is 479. The monoisotopic (exact) mass is 287 g/mol. The Morgan fingerprint density at radius 3 is 2.52 bits per heavy atom. The SMILES string of the molecule is CC1CCCC1C(=O)Nc1ccc(N2CCNCC2)cc1. The van der Waals surface area contributed by atoms with Crippen molar-refractivity contribution < 1.29 is 4.79 Å². The van der Waals surface area contributed by atoms with Crippen LogP contribution >= 0.6 is 0 Å². The number of carbonyl (C=O) groups excluding carboxylic acids is 1. The first-order chi connectivity index (χ1) is 10.2. The van der Waals surface area contributed by atoms with E-state index in [4.69, 9.17) is 0 Å². The standard InChI is InChI=1S/C17H25N3O/c1-13-3-2-4-16(13)17(21)19-14-5-7-15(8-6-14)20-11-9-18-10-12-20/h5-8,13,16,18H,2-4,9-12H2,1H3,(H,19,21). The molecular formula is C17H25N3O. The molecule has 0 spiro atoms. The van der Waals surface area contributed by atoms with Gasteiger partial charge in [-0.2, -0.15) is 0 Å². The van der Waals surface area contributed by atoms with Gasteiger partial charge in [0.2, 0.25) is 5.91 Å². The molecule has 1 aromatic rings. The summed E-state index contributed by atoms with van der Waals surface area (Å²) in [5, 5.41) is 6.43. The molecule has 1 heterocycles. The van der Waals surface area contributed by atoms with E-state index in [-0.39, 0.29) is 11.8 Å². The summed E-state index contributed by atoms with van der Waals surface area (Å²) in [4.78, 5) is 14.7. The minimum absolute atomic E-state index is 0.190.